The summed E-state index contributed by atoms with van der Waals surface area (Å²) in [6.07, 6.45) is 1.64. The van der Waals surface area contributed by atoms with Crippen LogP contribution >= 0.6 is 0 Å². The molecule has 0 amide bonds. The predicted molar refractivity (Wildman–Crippen MR) is 85.1 cm³/mol. The lowest BCUT2D eigenvalue weighted by atomic mass is 10.1. The number of esters is 1. The van der Waals surface area contributed by atoms with Crippen molar-refractivity contribution in [2.24, 2.45) is 0 Å². The van der Waals surface area contributed by atoms with Crippen LogP contribution in [0.2, 0.25) is 0 Å². The molecule has 0 heterocycles. The maximum absolute atomic E-state index is 12.2. The minimum Gasteiger partial charge on any atom is -0.423 e. The molecule has 0 aliphatic rings. The molecule has 2 aromatic rings. The van der Waals surface area contributed by atoms with Gasteiger partial charge in [-0.1, -0.05) is 29.8 Å². The molecule has 110 valence electrons. The van der Waals surface area contributed by atoms with E-state index in [0.29, 0.717) is 17.1 Å². The molecule has 2 aromatic carbocycles. The fourth-order valence-corrected chi connectivity index (χ4v) is 2.74. The lowest BCUT2D eigenvalue weighted by Gasteiger charge is -2.09. The molecule has 0 N–H and O–H groups in total. The van der Waals surface area contributed by atoms with Gasteiger partial charge in [0.1, 0.15) is 5.75 Å². The van der Waals surface area contributed by atoms with Crippen molar-refractivity contribution >= 4 is 16.8 Å². The third kappa shape index (κ3) is 4.26. The van der Waals surface area contributed by atoms with Gasteiger partial charge in [0, 0.05) is 22.8 Å². The Morgan fingerprint density at radius 3 is 2.57 bits per heavy atom. The number of hydrogen-bond donors (Lipinski definition) is 0. The highest BCUT2D eigenvalue weighted by Gasteiger charge is 2.11. The van der Waals surface area contributed by atoms with Gasteiger partial charge in [0.25, 0.3) is 0 Å². The number of aryl methyl sites for hydroxylation is 2. The van der Waals surface area contributed by atoms with Crippen LogP contribution in [0.1, 0.15) is 27.0 Å². The molecule has 0 aliphatic heterocycles. The van der Waals surface area contributed by atoms with Crippen LogP contribution in [0.25, 0.3) is 0 Å². The van der Waals surface area contributed by atoms with Crippen LogP contribution in [0.3, 0.4) is 0 Å². The van der Waals surface area contributed by atoms with Crippen molar-refractivity contribution < 1.29 is 13.7 Å². The molecule has 0 saturated heterocycles. The summed E-state index contributed by atoms with van der Waals surface area (Å²) >= 11 is 0. The van der Waals surface area contributed by atoms with Gasteiger partial charge in [-0.05, 0) is 43.2 Å². The maximum Gasteiger partial charge on any atom is 0.343 e. The van der Waals surface area contributed by atoms with Crippen molar-refractivity contribution in [1.82, 2.24) is 0 Å². The van der Waals surface area contributed by atoms with Crippen molar-refractivity contribution in [3.63, 3.8) is 0 Å². The van der Waals surface area contributed by atoms with Crippen molar-refractivity contribution in [2.75, 3.05) is 6.26 Å². The van der Waals surface area contributed by atoms with Gasteiger partial charge in [-0.25, -0.2) is 4.79 Å². The van der Waals surface area contributed by atoms with Gasteiger partial charge in [-0.3, -0.25) is 4.21 Å². The van der Waals surface area contributed by atoms with Crippen LogP contribution in [-0.4, -0.2) is 16.4 Å². The molecule has 0 fully saturated rings. The van der Waals surface area contributed by atoms with E-state index >= 15 is 0 Å². The molecule has 0 saturated carbocycles. The molecule has 0 radical (unpaired) electrons. The second kappa shape index (κ2) is 6.68. The first-order chi connectivity index (χ1) is 9.95. The summed E-state index contributed by atoms with van der Waals surface area (Å²) in [6, 6.07) is 12.7. The van der Waals surface area contributed by atoms with Gasteiger partial charge in [0.15, 0.2) is 0 Å². The van der Waals surface area contributed by atoms with Crippen molar-refractivity contribution in [3.8, 4) is 5.75 Å². The van der Waals surface area contributed by atoms with Gasteiger partial charge in [0.05, 0.1) is 5.56 Å². The zero-order valence-corrected chi connectivity index (χ0v) is 13.2. The molecule has 1 unspecified atom stereocenters. The first-order valence-electron chi connectivity index (χ1n) is 6.64. The number of benzene rings is 2. The fraction of sp³-hybridized carbons (Fsp3) is 0.235. The molecule has 2 rings (SSSR count). The standard InChI is InChI=1S/C17H18O3S/c1-12-7-8-16(13(2)9-12)20-17(18)15-6-4-5-14(10-15)11-21(3)19/h4-10H,11H2,1-3H3. The van der Waals surface area contributed by atoms with E-state index in [1.54, 1.807) is 30.5 Å². The summed E-state index contributed by atoms with van der Waals surface area (Å²) in [4.78, 5) is 12.2. The molecule has 3 nitrogen and oxygen atoms in total. The first kappa shape index (κ1) is 15.4. The Hall–Kier alpha value is -1.94. The highest BCUT2D eigenvalue weighted by atomic mass is 32.2. The van der Waals surface area contributed by atoms with E-state index in [0.717, 1.165) is 16.7 Å². The van der Waals surface area contributed by atoms with Crippen molar-refractivity contribution in [1.29, 1.82) is 0 Å². The second-order valence-corrected chi connectivity index (χ2v) is 6.51. The average molecular weight is 302 g/mol. The Morgan fingerprint density at radius 2 is 1.90 bits per heavy atom. The van der Waals surface area contributed by atoms with Crippen LogP contribution < -0.4 is 4.74 Å². The van der Waals surface area contributed by atoms with E-state index < -0.39 is 16.8 Å². The van der Waals surface area contributed by atoms with E-state index in [9.17, 15) is 9.00 Å². The molecule has 4 heteroatoms. The van der Waals surface area contributed by atoms with E-state index in [1.807, 2.05) is 32.0 Å². The summed E-state index contributed by atoms with van der Waals surface area (Å²) in [7, 11) is -0.934. The number of ether oxygens (including phenoxy) is 1. The molecule has 0 bridgehead atoms. The minimum atomic E-state index is -0.934. The minimum absolute atomic E-state index is 0.398. The van der Waals surface area contributed by atoms with Gasteiger partial charge < -0.3 is 4.74 Å². The van der Waals surface area contributed by atoms with Crippen LogP contribution in [0.4, 0.5) is 0 Å². The third-order valence-corrected chi connectivity index (χ3v) is 3.81. The van der Waals surface area contributed by atoms with E-state index in [1.165, 1.54) is 0 Å². The van der Waals surface area contributed by atoms with Crippen molar-refractivity contribution in [3.05, 3.63) is 64.7 Å². The molecule has 0 spiro atoms. The normalized spacial score (nSPS) is 12.0. The zero-order chi connectivity index (χ0) is 15.4. The van der Waals surface area contributed by atoms with Gasteiger partial charge in [-0.15, -0.1) is 0 Å². The SMILES string of the molecule is Cc1ccc(OC(=O)c2cccc(CS(C)=O)c2)c(C)c1. The van der Waals surface area contributed by atoms with E-state index in [4.69, 9.17) is 4.74 Å². The molecule has 0 aliphatic carbocycles. The number of hydrogen-bond acceptors (Lipinski definition) is 3. The maximum atomic E-state index is 12.2. The quantitative estimate of drug-likeness (QED) is 0.642. The average Bonchev–Trinajstić information content (AvgIpc) is 2.41. The number of carbonyl (C=O) groups is 1. The highest BCUT2D eigenvalue weighted by Crippen LogP contribution is 2.20. The first-order valence-corrected chi connectivity index (χ1v) is 8.37. The molecule has 0 aromatic heterocycles. The largest absolute Gasteiger partial charge is 0.423 e. The van der Waals surface area contributed by atoms with Crippen LogP contribution in [0, 0.1) is 13.8 Å². The number of carbonyl (C=O) groups excluding carboxylic acids is 1. The van der Waals surface area contributed by atoms with Crippen LogP contribution in [0.15, 0.2) is 42.5 Å². The summed E-state index contributed by atoms with van der Waals surface area (Å²) in [6.45, 7) is 3.90. The van der Waals surface area contributed by atoms with Gasteiger partial charge >= 0.3 is 5.97 Å². The summed E-state index contributed by atoms with van der Waals surface area (Å²) < 4.78 is 16.7. The lowest BCUT2D eigenvalue weighted by molar-refractivity contribution is 0.0733. The predicted octanol–water partition coefficient (Wildman–Crippen LogP) is 3.40. The van der Waals surface area contributed by atoms with Gasteiger partial charge in [0.2, 0.25) is 0 Å². The van der Waals surface area contributed by atoms with Crippen LogP contribution in [-0.2, 0) is 16.6 Å². The molecular formula is C17H18O3S. The second-order valence-electron chi connectivity index (χ2n) is 5.08. The number of rotatable bonds is 4. The monoisotopic (exact) mass is 302 g/mol. The van der Waals surface area contributed by atoms with Crippen LogP contribution in [0.5, 0.6) is 5.75 Å². The Morgan fingerprint density at radius 1 is 1.14 bits per heavy atom. The van der Waals surface area contributed by atoms with E-state index in [-0.39, 0.29) is 0 Å². The van der Waals surface area contributed by atoms with Gasteiger partial charge in [-0.2, -0.15) is 0 Å². The fourth-order valence-electron chi connectivity index (χ4n) is 2.10. The smallest absolute Gasteiger partial charge is 0.343 e. The molecule has 1 atom stereocenters. The highest BCUT2D eigenvalue weighted by molar-refractivity contribution is 7.83. The summed E-state index contributed by atoms with van der Waals surface area (Å²) in [5.74, 6) is 0.603. The zero-order valence-electron chi connectivity index (χ0n) is 12.4. The third-order valence-electron chi connectivity index (χ3n) is 3.07. The Bertz CT molecular complexity index is 692. The topological polar surface area (TPSA) is 43.4 Å². The summed E-state index contributed by atoms with van der Waals surface area (Å²) in [5.41, 5.74) is 3.39. The van der Waals surface area contributed by atoms with Crippen molar-refractivity contribution in [2.45, 2.75) is 19.6 Å². The Labute approximate surface area is 127 Å². The van der Waals surface area contributed by atoms with E-state index in [2.05, 4.69) is 0 Å². The molecule has 21 heavy (non-hydrogen) atoms. The summed E-state index contributed by atoms with van der Waals surface area (Å²) in [5, 5.41) is 0. The molecular weight excluding hydrogens is 284 g/mol. The Kier molecular flexibility index (Phi) is 4.91. The lowest BCUT2D eigenvalue weighted by Crippen LogP contribution is -2.10. The Balaban J connectivity index is 2.18.